The first kappa shape index (κ1) is 21.4. The quantitative estimate of drug-likeness (QED) is 0.358. The Hall–Kier alpha value is -3.32. The highest BCUT2D eigenvalue weighted by Crippen LogP contribution is 2.31. The van der Waals surface area contributed by atoms with Gasteiger partial charge in [0.05, 0.1) is 18.4 Å². The van der Waals surface area contributed by atoms with Gasteiger partial charge >= 0.3 is 0 Å². The standard InChI is InChI=1S/C23H24N4O2S/c1-4-15-26(18-11-7-6-8-12-18)21(28)17-30-23-25-24-22(27(23)16-5-2)19-13-9-10-14-20(19)29-3/h4-14H,1-2,15-17H2,3H3. The molecule has 0 aliphatic rings. The van der Waals surface area contributed by atoms with E-state index in [1.54, 1.807) is 24.2 Å². The number of aromatic nitrogens is 3. The Balaban J connectivity index is 1.83. The third kappa shape index (κ3) is 4.80. The number of benzene rings is 2. The second kappa shape index (κ2) is 10.5. The van der Waals surface area contributed by atoms with Gasteiger partial charge in [0.15, 0.2) is 11.0 Å². The third-order valence-electron chi connectivity index (χ3n) is 4.38. The molecule has 0 saturated heterocycles. The molecule has 6 nitrogen and oxygen atoms in total. The minimum absolute atomic E-state index is 0.0295. The molecule has 0 N–H and O–H groups in total. The summed E-state index contributed by atoms with van der Waals surface area (Å²) in [4.78, 5) is 14.6. The van der Waals surface area contributed by atoms with Gasteiger partial charge in [-0.25, -0.2) is 0 Å². The Morgan fingerprint density at radius 3 is 2.53 bits per heavy atom. The third-order valence-corrected chi connectivity index (χ3v) is 5.33. The molecule has 0 bridgehead atoms. The SMILES string of the molecule is C=CCN(C(=O)CSc1nnc(-c2ccccc2OC)n1CC=C)c1ccccc1. The highest BCUT2D eigenvalue weighted by molar-refractivity contribution is 7.99. The molecule has 0 saturated carbocycles. The number of hydrogen-bond acceptors (Lipinski definition) is 5. The first-order valence-corrected chi connectivity index (χ1v) is 10.4. The molecule has 7 heteroatoms. The van der Waals surface area contributed by atoms with E-state index in [4.69, 9.17) is 4.74 Å². The average molecular weight is 421 g/mol. The topological polar surface area (TPSA) is 60.3 Å². The van der Waals surface area contributed by atoms with E-state index in [1.165, 1.54) is 11.8 Å². The van der Waals surface area contributed by atoms with Gasteiger partial charge in [-0.15, -0.1) is 23.4 Å². The Labute approximate surface area is 180 Å². The molecule has 0 radical (unpaired) electrons. The summed E-state index contributed by atoms with van der Waals surface area (Å²) in [6, 6.07) is 17.2. The molecular formula is C23H24N4O2S. The molecule has 0 atom stereocenters. The van der Waals surface area contributed by atoms with Gasteiger partial charge in [0.25, 0.3) is 0 Å². The molecule has 30 heavy (non-hydrogen) atoms. The normalized spacial score (nSPS) is 10.4. The number of allylic oxidation sites excluding steroid dienone is 1. The van der Waals surface area contributed by atoms with Gasteiger partial charge in [0.1, 0.15) is 5.75 Å². The van der Waals surface area contributed by atoms with E-state index < -0.39 is 0 Å². The minimum atomic E-state index is -0.0295. The Morgan fingerprint density at radius 2 is 1.83 bits per heavy atom. The van der Waals surface area contributed by atoms with Crippen LogP contribution in [-0.2, 0) is 11.3 Å². The van der Waals surface area contributed by atoms with E-state index in [0.29, 0.717) is 29.8 Å². The largest absolute Gasteiger partial charge is 0.496 e. The summed E-state index contributed by atoms with van der Waals surface area (Å²) in [6.07, 6.45) is 3.50. The van der Waals surface area contributed by atoms with Crippen LogP contribution in [0.3, 0.4) is 0 Å². The Kier molecular flexibility index (Phi) is 7.45. The van der Waals surface area contributed by atoms with E-state index in [9.17, 15) is 4.79 Å². The van der Waals surface area contributed by atoms with Gasteiger partial charge in [-0.05, 0) is 24.3 Å². The molecule has 2 aromatic carbocycles. The van der Waals surface area contributed by atoms with E-state index in [1.807, 2.05) is 59.2 Å². The number of nitrogens with zero attached hydrogens (tertiary/aromatic N) is 4. The molecule has 3 aromatic rings. The summed E-state index contributed by atoms with van der Waals surface area (Å²) >= 11 is 1.35. The number of para-hydroxylation sites is 2. The zero-order valence-electron chi connectivity index (χ0n) is 16.9. The maximum atomic E-state index is 12.9. The van der Waals surface area contributed by atoms with Crippen LogP contribution in [0.15, 0.2) is 85.1 Å². The molecular weight excluding hydrogens is 396 g/mol. The van der Waals surface area contributed by atoms with Crippen LogP contribution in [0, 0.1) is 0 Å². The fourth-order valence-corrected chi connectivity index (χ4v) is 3.83. The van der Waals surface area contributed by atoms with Crippen LogP contribution in [0.5, 0.6) is 5.75 Å². The molecule has 3 rings (SSSR count). The van der Waals surface area contributed by atoms with Crippen molar-refractivity contribution in [3.05, 3.63) is 79.9 Å². The lowest BCUT2D eigenvalue weighted by atomic mass is 10.2. The fraction of sp³-hybridized carbons (Fsp3) is 0.174. The van der Waals surface area contributed by atoms with Crippen molar-refractivity contribution in [2.75, 3.05) is 24.3 Å². The predicted octanol–water partition coefficient (Wildman–Crippen LogP) is 4.45. The van der Waals surface area contributed by atoms with Crippen LogP contribution in [0.4, 0.5) is 5.69 Å². The minimum Gasteiger partial charge on any atom is -0.496 e. The highest BCUT2D eigenvalue weighted by atomic mass is 32.2. The Bertz CT molecular complexity index is 1020. The zero-order chi connectivity index (χ0) is 21.3. The molecule has 0 unspecified atom stereocenters. The average Bonchev–Trinajstić information content (AvgIpc) is 3.19. The van der Waals surface area contributed by atoms with E-state index in [0.717, 1.165) is 11.3 Å². The zero-order valence-corrected chi connectivity index (χ0v) is 17.7. The van der Waals surface area contributed by atoms with Crippen molar-refractivity contribution >= 4 is 23.4 Å². The molecule has 0 aliphatic heterocycles. The van der Waals surface area contributed by atoms with Crippen LogP contribution in [0.2, 0.25) is 0 Å². The van der Waals surface area contributed by atoms with Gasteiger partial charge in [-0.3, -0.25) is 9.36 Å². The number of carbonyl (C=O) groups is 1. The number of anilines is 1. The van der Waals surface area contributed by atoms with Gasteiger partial charge in [-0.1, -0.05) is 54.2 Å². The number of ether oxygens (including phenoxy) is 1. The lowest BCUT2D eigenvalue weighted by molar-refractivity contribution is -0.116. The summed E-state index contributed by atoms with van der Waals surface area (Å²) in [5.41, 5.74) is 1.68. The number of rotatable bonds is 10. The number of hydrogen-bond donors (Lipinski definition) is 0. The molecule has 1 heterocycles. The first-order chi connectivity index (χ1) is 14.7. The van der Waals surface area contributed by atoms with Crippen LogP contribution in [0.25, 0.3) is 11.4 Å². The van der Waals surface area contributed by atoms with Gasteiger partial charge in [-0.2, -0.15) is 0 Å². The van der Waals surface area contributed by atoms with Crippen molar-refractivity contribution < 1.29 is 9.53 Å². The summed E-state index contributed by atoms with van der Waals surface area (Å²) in [7, 11) is 1.62. The highest BCUT2D eigenvalue weighted by Gasteiger charge is 2.20. The van der Waals surface area contributed by atoms with E-state index >= 15 is 0 Å². The van der Waals surface area contributed by atoms with Crippen LogP contribution in [0.1, 0.15) is 0 Å². The molecule has 1 aromatic heterocycles. The number of carbonyl (C=O) groups excluding carboxylic acids is 1. The van der Waals surface area contributed by atoms with E-state index in [2.05, 4.69) is 23.4 Å². The fourth-order valence-electron chi connectivity index (χ4n) is 3.01. The number of thioether (sulfide) groups is 1. The van der Waals surface area contributed by atoms with Crippen LogP contribution < -0.4 is 9.64 Å². The van der Waals surface area contributed by atoms with Crippen molar-refractivity contribution in [1.82, 2.24) is 14.8 Å². The molecule has 1 amide bonds. The summed E-state index contributed by atoms with van der Waals surface area (Å²) in [6.45, 7) is 8.57. The number of amides is 1. The predicted molar refractivity (Wildman–Crippen MR) is 122 cm³/mol. The molecule has 0 aliphatic carbocycles. The molecule has 0 spiro atoms. The Morgan fingerprint density at radius 1 is 1.10 bits per heavy atom. The van der Waals surface area contributed by atoms with Gasteiger partial charge in [0, 0.05) is 18.8 Å². The van der Waals surface area contributed by atoms with Gasteiger partial charge < -0.3 is 9.64 Å². The maximum Gasteiger partial charge on any atom is 0.237 e. The summed E-state index contributed by atoms with van der Waals surface area (Å²) in [5, 5.41) is 9.32. The van der Waals surface area contributed by atoms with Crippen LogP contribution >= 0.6 is 11.8 Å². The first-order valence-electron chi connectivity index (χ1n) is 9.46. The summed E-state index contributed by atoms with van der Waals surface area (Å²) < 4.78 is 7.40. The second-order valence-electron chi connectivity index (χ2n) is 6.32. The van der Waals surface area contributed by atoms with Crippen molar-refractivity contribution in [3.63, 3.8) is 0 Å². The van der Waals surface area contributed by atoms with E-state index in [-0.39, 0.29) is 11.7 Å². The monoisotopic (exact) mass is 420 g/mol. The van der Waals surface area contributed by atoms with Crippen molar-refractivity contribution in [1.29, 1.82) is 0 Å². The van der Waals surface area contributed by atoms with Crippen molar-refractivity contribution in [2.45, 2.75) is 11.7 Å². The molecule has 154 valence electrons. The van der Waals surface area contributed by atoms with Crippen molar-refractivity contribution in [3.8, 4) is 17.1 Å². The number of methoxy groups -OCH3 is 1. The lowest BCUT2D eigenvalue weighted by Crippen LogP contribution is -2.32. The summed E-state index contributed by atoms with van der Waals surface area (Å²) in [5.74, 6) is 1.58. The van der Waals surface area contributed by atoms with Crippen molar-refractivity contribution in [2.24, 2.45) is 0 Å². The smallest absolute Gasteiger partial charge is 0.237 e. The van der Waals surface area contributed by atoms with Gasteiger partial charge in [0.2, 0.25) is 5.91 Å². The maximum absolute atomic E-state index is 12.9. The second-order valence-corrected chi connectivity index (χ2v) is 7.27. The lowest BCUT2D eigenvalue weighted by Gasteiger charge is -2.21. The van der Waals surface area contributed by atoms with Crippen LogP contribution in [-0.4, -0.2) is 40.1 Å². The molecule has 0 fully saturated rings.